The third-order valence-corrected chi connectivity index (χ3v) is 5.95. The highest BCUT2D eigenvalue weighted by Gasteiger charge is 2.00. The molecule has 0 aromatic carbocycles. The van der Waals surface area contributed by atoms with E-state index in [2.05, 4.69) is 31.6 Å². The molecule has 0 bridgehead atoms. The van der Waals surface area contributed by atoms with E-state index in [4.69, 9.17) is 6.42 Å². The molecular weight excluding hydrogens is 348 g/mol. The van der Waals surface area contributed by atoms with Gasteiger partial charge in [-0.1, -0.05) is 148 Å². The van der Waals surface area contributed by atoms with Gasteiger partial charge in [0.15, 0.2) is 0 Å². The Hall–Kier alpha value is -0.880. The lowest BCUT2D eigenvalue weighted by atomic mass is 10.0. The lowest BCUT2D eigenvalue weighted by molar-refractivity contribution is 0.542. The fourth-order valence-electron chi connectivity index (χ4n) is 3.91. The van der Waals surface area contributed by atoms with Crippen LogP contribution in [0.1, 0.15) is 155 Å². The van der Waals surface area contributed by atoms with Gasteiger partial charge in [0.25, 0.3) is 0 Å². The van der Waals surface area contributed by atoms with Crippen LogP contribution >= 0.6 is 0 Å². The van der Waals surface area contributed by atoms with Crippen molar-refractivity contribution in [3.05, 3.63) is 6.42 Å². The first kappa shape index (κ1) is 28.1. The van der Waals surface area contributed by atoms with Crippen LogP contribution in [-0.4, -0.2) is 0 Å². The Kier molecular flexibility index (Phi) is 24.4. The smallest absolute Gasteiger partial charge is 0.0821 e. The van der Waals surface area contributed by atoms with Gasteiger partial charge in [-0.15, -0.1) is 5.92 Å². The zero-order chi connectivity index (χ0) is 21.3. The highest BCUT2D eigenvalue weighted by molar-refractivity contribution is 5.12. The molecule has 0 heteroatoms. The topological polar surface area (TPSA) is 0 Å². The Morgan fingerprint density at radius 2 is 0.897 bits per heavy atom. The third-order valence-electron chi connectivity index (χ3n) is 5.95. The van der Waals surface area contributed by atoms with Gasteiger partial charge in [-0.2, -0.15) is 0 Å². The van der Waals surface area contributed by atoms with Crippen molar-refractivity contribution in [1.82, 2.24) is 0 Å². The molecule has 0 heterocycles. The van der Waals surface area contributed by atoms with E-state index in [9.17, 15) is 0 Å². The zero-order valence-electron chi connectivity index (χ0n) is 20.1. The second kappa shape index (κ2) is 25.2. The van der Waals surface area contributed by atoms with Crippen molar-refractivity contribution in [3.8, 4) is 17.8 Å². The van der Waals surface area contributed by atoms with Crippen LogP contribution in [0.3, 0.4) is 0 Å². The van der Waals surface area contributed by atoms with Gasteiger partial charge in [0.1, 0.15) is 0 Å². The maximum absolute atomic E-state index is 7.49. The maximum Gasteiger partial charge on any atom is 0.0821 e. The number of hydrogen-bond donors (Lipinski definition) is 0. The summed E-state index contributed by atoms with van der Waals surface area (Å²) in [6.45, 7) is 4.56. The molecule has 0 aliphatic carbocycles. The molecule has 0 saturated heterocycles. The fourth-order valence-corrected chi connectivity index (χ4v) is 3.91. The SMILES string of the molecule is [C]#CC(C#CCCCCCCCCCCCC)CCCCCCCCCCCC. The molecule has 0 fully saturated rings. The molecule has 1 atom stereocenters. The summed E-state index contributed by atoms with van der Waals surface area (Å²) in [5.74, 6) is 9.32. The predicted molar refractivity (Wildman–Crippen MR) is 131 cm³/mol. The molecule has 0 amide bonds. The van der Waals surface area contributed by atoms with E-state index in [-0.39, 0.29) is 5.92 Å². The van der Waals surface area contributed by atoms with Crippen LogP contribution in [0.25, 0.3) is 0 Å². The summed E-state index contributed by atoms with van der Waals surface area (Å²) in [6, 6.07) is 0. The van der Waals surface area contributed by atoms with Crippen LogP contribution in [0.5, 0.6) is 0 Å². The molecule has 29 heavy (non-hydrogen) atoms. The molecule has 0 aromatic heterocycles. The minimum atomic E-state index is 0.0761. The van der Waals surface area contributed by atoms with Crippen molar-refractivity contribution in [1.29, 1.82) is 0 Å². The van der Waals surface area contributed by atoms with Gasteiger partial charge in [-0.25, -0.2) is 0 Å². The summed E-state index contributed by atoms with van der Waals surface area (Å²) in [5, 5.41) is 0. The average Bonchev–Trinajstić information content (AvgIpc) is 2.74. The van der Waals surface area contributed by atoms with Crippen LogP contribution in [0.15, 0.2) is 0 Å². The summed E-state index contributed by atoms with van der Waals surface area (Å²) in [6.07, 6.45) is 37.0. The summed E-state index contributed by atoms with van der Waals surface area (Å²) in [4.78, 5) is 0. The highest BCUT2D eigenvalue weighted by Crippen LogP contribution is 2.14. The Balaban J connectivity index is 3.42. The van der Waals surface area contributed by atoms with Crippen LogP contribution < -0.4 is 0 Å². The van der Waals surface area contributed by atoms with Crippen molar-refractivity contribution >= 4 is 0 Å². The summed E-state index contributed by atoms with van der Waals surface area (Å²) in [7, 11) is 0. The van der Waals surface area contributed by atoms with Crippen LogP contribution in [0, 0.1) is 30.1 Å². The Bertz CT molecular complexity index is 402. The quantitative estimate of drug-likeness (QED) is 0.133. The third kappa shape index (κ3) is 23.3. The summed E-state index contributed by atoms with van der Waals surface area (Å²) in [5.41, 5.74) is 0. The summed E-state index contributed by atoms with van der Waals surface area (Å²) >= 11 is 0. The van der Waals surface area contributed by atoms with Gasteiger partial charge in [-0.05, 0) is 19.3 Å². The number of unbranched alkanes of at least 4 members (excludes halogenated alkanes) is 19. The first-order valence-electron chi connectivity index (χ1n) is 13.3. The van der Waals surface area contributed by atoms with E-state index in [0.29, 0.717) is 0 Å². The van der Waals surface area contributed by atoms with Gasteiger partial charge in [-0.3, -0.25) is 0 Å². The van der Waals surface area contributed by atoms with Crippen molar-refractivity contribution in [2.24, 2.45) is 5.92 Å². The number of rotatable bonds is 21. The average molecular weight is 400 g/mol. The number of hydrogen-bond acceptors (Lipinski definition) is 0. The highest BCUT2D eigenvalue weighted by atomic mass is 14.0. The second-order valence-electron chi connectivity index (χ2n) is 8.92. The molecule has 0 N–H and O–H groups in total. The van der Waals surface area contributed by atoms with Crippen molar-refractivity contribution in [3.63, 3.8) is 0 Å². The van der Waals surface area contributed by atoms with E-state index >= 15 is 0 Å². The van der Waals surface area contributed by atoms with E-state index in [1.807, 2.05) is 0 Å². The van der Waals surface area contributed by atoms with Crippen molar-refractivity contribution in [2.75, 3.05) is 0 Å². The second-order valence-corrected chi connectivity index (χ2v) is 8.92. The molecule has 167 valence electrons. The molecule has 1 unspecified atom stereocenters. The summed E-state index contributed by atoms with van der Waals surface area (Å²) < 4.78 is 0. The Morgan fingerprint density at radius 3 is 1.31 bits per heavy atom. The fraction of sp³-hybridized carbons (Fsp3) is 0.862. The molecule has 0 aliphatic rings. The van der Waals surface area contributed by atoms with E-state index in [1.54, 1.807) is 0 Å². The molecule has 0 aromatic rings. The van der Waals surface area contributed by atoms with E-state index in [0.717, 1.165) is 12.8 Å². The molecule has 0 nitrogen and oxygen atoms in total. The first-order chi connectivity index (χ1) is 14.3. The van der Waals surface area contributed by atoms with E-state index in [1.165, 1.54) is 128 Å². The van der Waals surface area contributed by atoms with Crippen LogP contribution in [0.2, 0.25) is 0 Å². The maximum atomic E-state index is 7.49. The van der Waals surface area contributed by atoms with Crippen LogP contribution in [-0.2, 0) is 0 Å². The molecule has 0 rings (SSSR count). The normalized spacial score (nSPS) is 11.6. The molecular formula is C29H51. The monoisotopic (exact) mass is 399 g/mol. The van der Waals surface area contributed by atoms with Gasteiger partial charge in [0.05, 0.1) is 5.92 Å². The minimum Gasteiger partial charge on any atom is -0.102 e. The Morgan fingerprint density at radius 1 is 0.517 bits per heavy atom. The molecule has 1 radical (unpaired) electrons. The lowest BCUT2D eigenvalue weighted by Gasteiger charge is -2.04. The van der Waals surface area contributed by atoms with Crippen molar-refractivity contribution < 1.29 is 0 Å². The van der Waals surface area contributed by atoms with Gasteiger partial charge >= 0.3 is 0 Å². The van der Waals surface area contributed by atoms with Gasteiger partial charge in [0.2, 0.25) is 0 Å². The molecule has 0 spiro atoms. The lowest BCUT2D eigenvalue weighted by Crippen LogP contribution is -1.93. The molecule has 0 saturated carbocycles. The first-order valence-corrected chi connectivity index (χ1v) is 13.3. The minimum absolute atomic E-state index is 0.0761. The van der Waals surface area contributed by atoms with Gasteiger partial charge in [0, 0.05) is 6.42 Å². The standard InChI is InChI=1S/C29H51/c1-4-7-9-11-13-15-17-18-20-22-24-26-28-29(6-3)27-25-23-21-19-16-14-12-10-8-5-2/h29H,4-5,7-25,27H2,1-2H3. The van der Waals surface area contributed by atoms with E-state index < -0.39 is 0 Å². The molecule has 0 aliphatic heterocycles. The van der Waals surface area contributed by atoms with Crippen molar-refractivity contribution in [2.45, 2.75) is 155 Å². The Labute approximate surface area is 185 Å². The van der Waals surface area contributed by atoms with Crippen LogP contribution in [0.4, 0.5) is 0 Å². The van der Waals surface area contributed by atoms with Gasteiger partial charge < -0.3 is 0 Å². The predicted octanol–water partition coefficient (Wildman–Crippen LogP) is 9.82. The largest absolute Gasteiger partial charge is 0.102 e. The zero-order valence-corrected chi connectivity index (χ0v) is 20.1.